The van der Waals surface area contributed by atoms with Gasteiger partial charge in [-0.05, 0) is 36.2 Å². The number of hydrogen-bond donors (Lipinski definition) is 1. The molecule has 0 spiro atoms. The van der Waals surface area contributed by atoms with Crippen LogP contribution in [0.25, 0.3) is 0 Å². The molecule has 1 atom stereocenters. The molecule has 3 rings (SSSR count). The zero-order chi connectivity index (χ0) is 24.9. The predicted octanol–water partition coefficient (Wildman–Crippen LogP) is 1.74. The van der Waals surface area contributed by atoms with Crippen molar-refractivity contribution in [3.8, 4) is 17.2 Å². The topological polar surface area (TPSA) is 114 Å². The van der Waals surface area contributed by atoms with Crippen molar-refractivity contribution in [2.24, 2.45) is 0 Å². The first kappa shape index (κ1) is 25.2. The van der Waals surface area contributed by atoms with Gasteiger partial charge in [0.05, 0.1) is 19.1 Å². The van der Waals surface area contributed by atoms with Crippen molar-refractivity contribution in [1.82, 2.24) is 10.2 Å². The van der Waals surface area contributed by atoms with Gasteiger partial charge in [-0.15, -0.1) is 0 Å². The van der Waals surface area contributed by atoms with Crippen LogP contribution in [0.15, 0.2) is 42.5 Å². The van der Waals surface area contributed by atoms with E-state index in [1.165, 1.54) is 18.0 Å². The number of anilines is 1. The normalized spacial score (nSPS) is 13.2. The van der Waals surface area contributed by atoms with Crippen LogP contribution >= 0.6 is 0 Å². The number of likely N-dealkylation sites (N-methyl/N-ethyl adjacent to an activating group) is 1. The lowest BCUT2D eigenvalue weighted by Gasteiger charge is -2.32. The van der Waals surface area contributed by atoms with Gasteiger partial charge >= 0.3 is 0 Å². The first-order valence-electron chi connectivity index (χ1n) is 10.7. The fourth-order valence-corrected chi connectivity index (χ4v) is 4.51. The highest BCUT2D eigenvalue weighted by atomic mass is 32.2. The smallest absolute Gasteiger partial charge is 0.244 e. The average molecular weight is 492 g/mol. The molecule has 0 aromatic heterocycles. The Hall–Kier alpha value is -3.47. The van der Waals surface area contributed by atoms with Crippen LogP contribution in [0, 0.1) is 0 Å². The second kappa shape index (κ2) is 10.6. The Morgan fingerprint density at radius 2 is 1.79 bits per heavy atom. The van der Waals surface area contributed by atoms with Gasteiger partial charge in [-0.3, -0.25) is 13.9 Å². The molecule has 2 aromatic carbocycles. The maximum Gasteiger partial charge on any atom is 0.244 e. The monoisotopic (exact) mass is 491 g/mol. The van der Waals surface area contributed by atoms with Crippen molar-refractivity contribution in [2.75, 3.05) is 38.1 Å². The van der Waals surface area contributed by atoms with Crippen LogP contribution in [0.2, 0.25) is 0 Å². The lowest BCUT2D eigenvalue weighted by Crippen LogP contribution is -2.51. The van der Waals surface area contributed by atoms with Crippen molar-refractivity contribution < 1.29 is 32.2 Å². The van der Waals surface area contributed by atoms with Gasteiger partial charge in [-0.1, -0.05) is 19.1 Å². The third-order valence-electron chi connectivity index (χ3n) is 5.47. The summed E-state index contributed by atoms with van der Waals surface area (Å²) in [6.07, 6.45) is 1.37. The Morgan fingerprint density at radius 1 is 1.12 bits per heavy atom. The van der Waals surface area contributed by atoms with Gasteiger partial charge in [0.15, 0.2) is 11.5 Å². The molecule has 10 nitrogen and oxygen atoms in total. The van der Waals surface area contributed by atoms with E-state index in [0.717, 1.165) is 16.1 Å². The Labute approximate surface area is 199 Å². The molecule has 1 unspecified atom stereocenters. The summed E-state index contributed by atoms with van der Waals surface area (Å²) in [6.45, 7) is 1.46. The van der Waals surface area contributed by atoms with Crippen molar-refractivity contribution in [1.29, 1.82) is 0 Å². The first-order valence-corrected chi connectivity index (χ1v) is 12.5. The second-order valence-electron chi connectivity index (χ2n) is 7.72. The SMILES string of the molecule is CCC(C(=O)NC)N(Cc1ccc(OC)cc1)C(=O)CN(c1ccc2c(c1)OCO2)S(C)(=O)=O. The van der Waals surface area contributed by atoms with E-state index in [1.807, 2.05) is 0 Å². The van der Waals surface area contributed by atoms with Gasteiger partial charge in [0.1, 0.15) is 18.3 Å². The van der Waals surface area contributed by atoms with E-state index in [0.29, 0.717) is 23.7 Å². The van der Waals surface area contributed by atoms with Gasteiger partial charge in [0.2, 0.25) is 28.6 Å². The minimum absolute atomic E-state index is 0.0382. The molecule has 0 saturated carbocycles. The number of methoxy groups -OCH3 is 1. The number of hydrogen-bond acceptors (Lipinski definition) is 7. The number of nitrogens with one attached hydrogen (secondary N) is 1. The molecule has 0 aliphatic carbocycles. The summed E-state index contributed by atoms with van der Waals surface area (Å²) in [5, 5.41) is 2.58. The lowest BCUT2D eigenvalue weighted by atomic mass is 10.1. The van der Waals surface area contributed by atoms with E-state index >= 15 is 0 Å². The molecule has 34 heavy (non-hydrogen) atoms. The first-order chi connectivity index (χ1) is 16.2. The highest BCUT2D eigenvalue weighted by Crippen LogP contribution is 2.36. The highest BCUT2D eigenvalue weighted by molar-refractivity contribution is 7.92. The summed E-state index contributed by atoms with van der Waals surface area (Å²) in [4.78, 5) is 27.5. The molecule has 0 saturated heterocycles. The van der Waals surface area contributed by atoms with Crippen LogP contribution in [-0.2, 0) is 26.2 Å². The number of ether oxygens (including phenoxy) is 3. The number of fused-ring (bicyclic) bond motifs is 1. The Kier molecular flexibility index (Phi) is 7.87. The molecule has 2 aromatic rings. The molecule has 0 bridgehead atoms. The molecule has 2 amide bonds. The van der Waals surface area contributed by atoms with Crippen molar-refractivity contribution in [3.63, 3.8) is 0 Å². The van der Waals surface area contributed by atoms with E-state index in [2.05, 4.69) is 5.32 Å². The summed E-state index contributed by atoms with van der Waals surface area (Å²) in [6, 6.07) is 11.0. The van der Waals surface area contributed by atoms with Gasteiger partial charge < -0.3 is 24.4 Å². The predicted molar refractivity (Wildman–Crippen MR) is 126 cm³/mol. The quantitative estimate of drug-likeness (QED) is 0.538. The minimum atomic E-state index is -3.83. The van der Waals surface area contributed by atoms with Gasteiger partial charge in [-0.2, -0.15) is 0 Å². The summed E-state index contributed by atoms with van der Waals surface area (Å²) in [5.41, 5.74) is 1.03. The Balaban J connectivity index is 1.93. The second-order valence-corrected chi connectivity index (χ2v) is 9.62. The molecule has 11 heteroatoms. The van der Waals surface area contributed by atoms with E-state index in [-0.39, 0.29) is 24.9 Å². The third kappa shape index (κ3) is 5.71. The van der Waals surface area contributed by atoms with Crippen molar-refractivity contribution in [3.05, 3.63) is 48.0 Å². The van der Waals surface area contributed by atoms with E-state index in [1.54, 1.807) is 50.4 Å². The van der Waals surface area contributed by atoms with Crippen LogP contribution in [0.1, 0.15) is 18.9 Å². The molecule has 1 aliphatic heterocycles. The molecular weight excluding hydrogens is 462 g/mol. The third-order valence-corrected chi connectivity index (χ3v) is 6.61. The standard InChI is InChI=1S/C23H29N3O7S/c1-5-19(23(28)24-2)25(13-16-6-9-18(31-3)10-7-16)22(27)14-26(34(4,29)30)17-8-11-20-21(12-17)33-15-32-20/h6-12,19H,5,13-15H2,1-4H3,(H,24,28). The zero-order valence-corrected chi connectivity index (χ0v) is 20.4. The highest BCUT2D eigenvalue weighted by Gasteiger charge is 2.31. The Bertz CT molecular complexity index is 1140. The Morgan fingerprint density at radius 3 is 2.38 bits per heavy atom. The molecule has 184 valence electrons. The van der Waals surface area contributed by atoms with Crippen molar-refractivity contribution in [2.45, 2.75) is 25.9 Å². The van der Waals surface area contributed by atoms with E-state index in [9.17, 15) is 18.0 Å². The number of amides is 2. The number of benzene rings is 2. The number of nitrogens with zero attached hydrogens (tertiary/aromatic N) is 2. The van der Waals surface area contributed by atoms with Gasteiger partial charge in [0.25, 0.3) is 0 Å². The fourth-order valence-electron chi connectivity index (χ4n) is 3.67. The minimum Gasteiger partial charge on any atom is -0.497 e. The van der Waals surface area contributed by atoms with Crippen LogP contribution in [-0.4, -0.2) is 64.9 Å². The molecule has 0 fully saturated rings. The number of rotatable bonds is 10. The molecule has 1 aliphatic rings. The van der Waals surface area contributed by atoms with Crippen LogP contribution in [0.3, 0.4) is 0 Å². The number of carbonyl (C=O) groups is 2. The van der Waals surface area contributed by atoms with Crippen LogP contribution in [0.4, 0.5) is 5.69 Å². The van der Waals surface area contributed by atoms with E-state index < -0.39 is 28.5 Å². The fraction of sp³-hybridized carbons (Fsp3) is 0.391. The largest absolute Gasteiger partial charge is 0.497 e. The molecule has 1 N–H and O–H groups in total. The van der Waals surface area contributed by atoms with Crippen LogP contribution < -0.4 is 23.8 Å². The van der Waals surface area contributed by atoms with Crippen LogP contribution in [0.5, 0.6) is 17.2 Å². The average Bonchev–Trinajstić information content (AvgIpc) is 3.29. The summed E-state index contributed by atoms with van der Waals surface area (Å²) < 4.78 is 42.1. The van der Waals surface area contributed by atoms with Gasteiger partial charge in [-0.25, -0.2) is 8.42 Å². The molecular formula is C23H29N3O7S. The summed E-state index contributed by atoms with van der Waals surface area (Å²) in [7, 11) is -0.780. The van der Waals surface area contributed by atoms with Gasteiger partial charge in [0, 0.05) is 19.7 Å². The molecule has 1 heterocycles. The summed E-state index contributed by atoms with van der Waals surface area (Å²) in [5.74, 6) is 0.694. The maximum absolute atomic E-state index is 13.5. The molecule has 0 radical (unpaired) electrons. The summed E-state index contributed by atoms with van der Waals surface area (Å²) >= 11 is 0. The maximum atomic E-state index is 13.5. The van der Waals surface area contributed by atoms with E-state index in [4.69, 9.17) is 14.2 Å². The lowest BCUT2D eigenvalue weighted by molar-refractivity contribution is -0.140. The number of sulfonamides is 1. The van der Waals surface area contributed by atoms with Crippen molar-refractivity contribution >= 4 is 27.5 Å². The zero-order valence-electron chi connectivity index (χ0n) is 19.6. The number of carbonyl (C=O) groups excluding carboxylic acids is 2.